The molecule has 0 saturated carbocycles. The van der Waals surface area contributed by atoms with Crippen LogP contribution in [0.1, 0.15) is 18.1 Å². The number of halogens is 4. The summed E-state index contributed by atoms with van der Waals surface area (Å²) in [6.07, 6.45) is -1.42. The Morgan fingerprint density at radius 1 is 1.48 bits per heavy atom. The lowest BCUT2D eigenvalue weighted by Crippen LogP contribution is -2.41. The molecule has 1 aliphatic heterocycles. The fourth-order valence-corrected chi connectivity index (χ4v) is 2.15. The van der Waals surface area contributed by atoms with Crippen LogP contribution in [-0.4, -0.2) is 36.1 Å². The molecule has 3 N–H and O–H groups in total. The summed E-state index contributed by atoms with van der Waals surface area (Å²) in [5, 5.41) is 15.3. The number of aliphatic hydroxyl groups is 1. The average Bonchev–Trinajstić information content (AvgIpc) is 2.77. The number of carbonyl (C=O) groups excluding carboxylic acids is 1. The van der Waals surface area contributed by atoms with Crippen molar-refractivity contribution < 1.29 is 18.7 Å². The van der Waals surface area contributed by atoms with Gasteiger partial charge in [0.25, 0.3) is 5.92 Å². The average molecular weight is 341 g/mol. The van der Waals surface area contributed by atoms with E-state index in [1.165, 1.54) is 0 Å². The molecule has 8 heteroatoms. The van der Waals surface area contributed by atoms with E-state index in [0.29, 0.717) is 10.6 Å². The van der Waals surface area contributed by atoms with Gasteiger partial charge in [-0.05, 0) is 17.7 Å². The minimum Gasteiger partial charge on any atom is -0.387 e. The van der Waals surface area contributed by atoms with Crippen LogP contribution >= 0.6 is 24.0 Å². The molecular weight excluding hydrogens is 325 g/mol. The lowest BCUT2D eigenvalue weighted by Gasteiger charge is -2.15. The molecule has 0 aliphatic carbocycles. The Morgan fingerprint density at radius 2 is 2.10 bits per heavy atom. The van der Waals surface area contributed by atoms with Gasteiger partial charge in [0, 0.05) is 18.0 Å². The van der Waals surface area contributed by atoms with Crippen LogP contribution in [-0.2, 0) is 4.79 Å². The molecule has 1 fully saturated rings. The van der Waals surface area contributed by atoms with Gasteiger partial charge >= 0.3 is 0 Å². The zero-order valence-corrected chi connectivity index (χ0v) is 12.6. The number of benzene rings is 1. The minimum absolute atomic E-state index is 0. The molecule has 0 radical (unpaired) electrons. The first-order valence-corrected chi connectivity index (χ1v) is 6.58. The van der Waals surface area contributed by atoms with Gasteiger partial charge in [-0.15, -0.1) is 12.4 Å². The smallest absolute Gasteiger partial charge is 0.262 e. The molecule has 0 spiro atoms. The SMILES string of the molecule is Cl.O=C(NCC(O)c1ccc(Cl)cc1)C1CC(F)(F)CN1. The Bertz CT molecular complexity index is 486. The molecular formula is C13H16Cl2F2N2O2. The van der Waals surface area contributed by atoms with E-state index in [1.807, 2.05) is 0 Å². The number of alkyl halides is 2. The summed E-state index contributed by atoms with van der Waals surface area (Å²) in [4.78, 5) is 11.7. The number of nitrogens with one attached hydrogen (secondary N) is 2. The van der Waals surface area contributed by atoms with E-state index >= 15 is 0 Å². The first kappa shape index (κ1) is 18.1. The lowest BCUT2D eigenvalue weighted by atomic mass is 10.1. The topological polar surface area (TPSA) is 61.4 Å². The Morgan fingerprint density at radius 3 is 2.62 bits per heavy atom. The van der Waals surface area contributed by atoms with Crippen LogP contribution in [0.3, 0.4) is 0 Å². The van der Waals surface area contributed by atoms with Gasteiger partial charge in [0.05, 0.1) is 18.7 Å². The molecule has 1 aromatic rings. The predicted octanol–water partition coefficient (Wildman–Crippen LogP) is 1.91. The second-order valence-electron chi connectivity index (χ2n) is 4.81. The highest BCUT2D eigenvalue weighted by Crippen LogP contribution is 2.25. The highest BCUT2D eigenvalue weighted by molar-refractivity contribution is 6.30. The van der Waals surface area contributed by atoms with Crippen molar-refractivity contribution in [3.8, 4) is 0 Å². The van der Waals surface area contributed by atoms with Crippen molar-refractivity contribution in [3.05, 3.63) is 34.9 Å². The molecule has 1 aromatic carbocycles. The second kappa shape index (κ2) is 7.35. The largest absolute Gasteiger partial charge is 0.387 e. The summed E-state index contributed by atoms with van der Waals surface area (Å²) in [5.74, 6) is -3.38. The molecule has 0 aromatic heterocycles. The van der Waals surface area contributed by atoms with E-state index in [4.69, 9.17) is 11.6 Å². The normalized spacial score (nSPS) is 21.4. The summed E-state index contributed by atoms with van der Waals surface area (Å²) in [7, 11) is 0. The third kappa shape index (κ3) is 5.07. The van der Waals surface area contributed by atoms with Crippen molar-refractivity contribution in [3.63, 3.8) is 0 Å². The van der Waals surface area contributed by atoms with Crippen LogP contribution in [0.15, 0.2) is 24.3 Å². The van der Waals surface area contributed by atoms with Gasteiger partial charge in [-0.1, -0.05) is 23.7 Å². The Balaban J connectivity index is 0.00000220. The molecule has 0 bridgehead atoms. The first-order valence-electron chi connectivity index (χ1n) is 6.20. The number of hydrogen-bond donors (Lipinski definition) is 3. The Hall–Kier alpha value is -0.950. The van der Waals surface area contributed by atoms with Crippen LogP contribution in [0.25, 0.3) is 0 Å². The Kier molecular flexibility index (Phi) is 6.34. The third-order valence-corrected chi connectivity index (χ3v) is 3.40. The van der Waals surface area contributed by atoms with E-state index in [1.54, 1.807) is 24.3 Å². The number of rotatable bonds is 4. The standard InChI is InChI=1S/C13H15ClF2N2O2.ClH/c14-9-3-1-8(2-4-9)11(19)6-17-12(20)10-5-13(15,16)7-18-10;/h1-4,10-11,18-19H,5-7H2,(H,17,20);1H. The van der Waals surface area contributed by atoms with E-state index in [-0.39, 0.29) is 19.0 Å². The third-order valence-electron chi connectivity index (χ3n) is 3.15. The highest BCUT2D eigenvalue weighted by atomic mass is 35.5. The van der Waals surface area contributed by atoms with Crippen molar-refractivity contribution in [2.75, 3.05) is 13.1 Å². The summed E-state index contributed by atoms with van der Waals surface area (Å²) in [6, 6.07) is 5.62. The quantitative estimate of drug-likeness (QED) is 0.784. The summed E-state index contributed by atoms with van der Waals surface area (Å²) < 4.78 is 25.9. The monoisotopic (exact) mass is 340 g/mol. The van der Waals surface area contributed by atoms with E-state index in [2.05, 4.69) is 10.6 Å². The second-order valence-corrected chi connectivity index (χ2v) is 5.24. The molecule has 4 nitrogen and oxygen atoms in total. The zero-order valence-electron chi connectivity index (χ0n) is 11.0. The predicted molar refractivity (Wildman–Crippen MR) is 78.0 cm³/mol. The maximum Gasteiger partial charge on any atom is 0.262 e. The van der Waals surface area contributed by atoms with Gasteiger partial charge in [-0.3, -0.25) is 10.1 Å². The molecule has 2 unspecified atom stereocenters. The molecule has 21 heavy (non-hydrogen) atoms. The number of carbonyl (C=O) groups is 1. The minimum atomic E-state index is -2.85. The van der Waals surface area contributed by atoms with Crippen molar-refractivity contribution >= 4 is 29.9 Å². The summed E-state index contributed by atoms with van der Waals surface area (Å²) >= 11 is 5.73. The van der Waals surface area contributed by atoms with Crippen LogP contribution in [0.4, 0.5) is 8.78 Å². The molecule has 1 heterocycles. The van der Waals surface area contributed by atoms with Crippen molar-refractivity contribution in [2.45, 2.75) is 24.5 Å². The number of aliphatic hydroxyl groups excluding tert-OH is 1. The van der Waals surface area contributed by atoms with Crippen LogP contribution in [0, 0.1) is 0 Å². The fraction of sp³-hybridized carbons (Fsp3) is 0.462. The highest BCUT2D eigenvalue weighted by Gasteiger charge is 2.42. The van der Waals surface area contributed by atoms with Gasteiger partial charge < -0.3 is 10.4 Å². The fourth-order valence-electron chi connectivity index (χ4n) is 2.02. The maximum atomic E-state index is 13.0. The van der Waals surface area contributed by atoms with Crippen molar-refractivity contribution in [2.24, 2.45) is 0 Å². The number of amides is 1. The Labute approximate surface area is 132 Å². The van der Waals surface area contributed by atoms with Crippen LogP contribution in [0.5, 0.6) is 0 Å². The maximum absolute atomic E-state index is 13.0. The van der Waals surface area contributed by atoms with Gasteiger partial charge in [0.2, 0.25) is 5.91 Å². The molecule has 118 valence electrons. The first-order chi connectivity index (χ1) is 9.37. The van der Waals surface area contributed by atoms with Gasteiger partial charge in [0.15, 0.2) is 0 Å². The van der Waals surface area contributed by atoms with E-state index in [9.17, 15) is 18.7 Å². The van der Waals surface area contributed by atoms with E-state index in [0.717, 1.165) is 0 Å². The van der Waals surface area contributed by atoms with Crippen LogP contribution in [0.2, 0.25) is 5.02 Å². The summed E-state index contributed by atoms with van der Waals surface area (Å²) in [6.45, 7) is -0.533. The van der Waals surface area contributed by atoms with E-state index < -0.39 is 36.9 Å². The summed E-state index contributed by atoms with van der Waals surface area (Å²) in [5.41, 5.74) is 0.597. The zero-order chi connectivity index (χ0) is 14.8. The molecule has 2 atom stereocenters. The molecule has 1 aliphatic rings. The lowest BCUT2D eigenvalue weighted by molar-refractivity contribution is -0.123. The van der Waals surface area contributed by atoms with Gasteiger partial charge in [-0.2, -0.15) is 0 Å². The number of hydrogen-bond acceptors (Lipinski definition) is 3. The van der Waals surface area contributed by atoms with Gasteiger partial charge in [0.1, 0.15) is 0 Å². The van der Waals surface area contributed by atoms with Crippen molar-refractivity contribution in [1.29, 1.82) is 0 Å². The molecule has 2 rings (SSSR count). The molecule has 1 amide bonds. The molecule has 1 saturated heterocycles. The van der Waals surface area contributed by atoms with Crippen molar-refractivity contribution in [1.82, 2.24) is 10.6 Å². The van der Waals surface area contributed by atoms with Gasteiger partial charge in [-0.25, -0.2) is 8.78 Å². The van der Waals surface area contributed by atoms with Crippen LogP contribution < -0.4 is 10.6 Å².